The van der Waals surface area contributed by atoms with E-state index in [2.05, 4.69) is 263 Å². The highest BCUT2D eigenvalue weighted by Crippen LogP contribution is 2.50. The molecule has 0 unspecified atom stereocenters. The molecule has 3 nitrogen and oxygen atoms in total. The summed E-state index contributed by atoms with van der Waals surface area (Å²) in [6.45, 7) is 0. The minimum Gasteiger partial charge on any atom is -0.310 e. The normalized spacial score (nSPS) is 11.5. The second kappa shape index (κ2) is 15.3. The van der Waals surface area contributed by atoms with Crippen LogP contribution >= 0.6 is 0 Å². The van der Waals surface area contributed by atoms with Gasteiger partial charge in [0.15, 0.2) is 0 Å². The first kappa shape index (κ1) is 36.5. The van der Waals surface area contributed by atoms with Crippen molar-refractivity contribution in [1.29, 1.82) is 0 Å². The van der Waals surface area contributed by atoms with Gasteiger partial charge in [-0.05, 0) is 112 Å². The van der Waals surface area contributed by atoms with E-state index in [9.17, 15) is 0 Å². The van der Waals surface area contributed by atoms with Crippen LogP contribution in [0, 0.1) is 0 Å². The van der Waals surface area contributed by atoms with Crippen LogP contribution in [-0.4, -0.2) is 4.57 Å². The second-order valence-corrected chi connectivity index (χ2v) is 16.1. The molecule has 12 rings (SSSR count). The summed E-state index contributed by atoms with van der Waals surface area (Å²) in [5.41, 5.74) is 12.6. The third-order valence-corrected chi connectivity index (χ3v) is 12.5. The number of rotatable bonds is 8. The Kier molecular flexibility index (Phi) is 8.83. The molecule has 11 aromatic carbocycles. The van der Waals surface area contributed by atoms with Crippen LogP contribution in [0.3, 0.4) is 0 Å². The monoisotopic (exact) mass is 803 g/mol. The van der Waals surface area contributed by atoms with Gasteiger partial charge in [0, 0.05) is 50.0 Å². The van der Waals surface area contributed by atoms with Gasteiger partial charge in [0.1, 0.15) is 0 Å². The molecule has 0 saturated heterocycles. The van der Waals surface area contributed by atoms with Gasteiger partial charge in [-0.25, -0.2) is 0 Å². The zero-order valence-corrected chi connectivity index (χ0v) is 34.5. The van der Waals surface area contributed by atoms with Crippen LogP contribution in [-0.2, 0) is 0 Å². The molecule has 1 aromatic heterocycles. The maximum Gasteiger partial charge on any atom is 0.0568 e. The highest BCUT2D eigenvalue weighted by Gasteiger charge is 2.25. The molecule has 0 bridgehead atoms. The van der Waals surface area contributed by atoms with Gasteiger partial charge in [0.2, 0.25) is 0 Å². The van der Waals surface area contributed by atoms with Crippen LogP contribution in [0.1, 0.15) is 0 Å². The van der Waals surface area contributed by atoms with Gasteiger partial charge in [-0.2, -0.15) is 0 Å². The predicted octanol–water partition coefficient (Wildman–Crippen LogP) is 16.8. The summed E-state index contributed by atoms with van der Waals surface area (Å²) in [5.74, 6) is 0. The van der Waals surface area contributed by atoms with Crippen molar-refractivity contribution in [2.45, 2.75) is 0 Å². The second-order valence-electron chi connectivity index (χ2n) is 16.1. The molecule has 3 heteroatoms. The largest absolute Gasteiger partial charge is 0.310 e. The Balaban J connectivity index is 1.18. The molecule has 0 spiro atoms. The van der Waals surface area contributed by atoms with E-state index in [1.165, 1.54) is 59.7 Å². The number of benzene rings is 11. The fourth-order valence-electron chi connectivity index (χ4n) is 9.85. The lowest BCUT2D eigenvalue weighted by atomic mass is 9.90. The fraction of sp³-hybridized carbons (Fsp3) is 0. The van der Waals surface area contributed by atoms with E-state index in [0.717, 1.165) is 45.3 Å². The van der Waals surface area contributed by atoms with E-state index in [1.54, 1.807) is 0 Å². The van der Waals surface area contributed by atoms with Crippen molar-refractivity contribution in [3.05, 3.63) is 249 Å². The van der Waals surface area contributed by atoms with Gasteiger partial charge in [0.05, 0.1) is 22.4 Å². The van der Waals surface area contributed by atoms with E-state index < -0.39 is 0 Å². The van der Waals surface area contributed by atoms with E-state index in [4.69, 9.17) is 0 Å². The lowest BCUT2D eigenvalue weighted by molar-refractivity contribution is 1.18. The first-order valence-corrected chi connectivity index (χ1v) is 21.6. The highest BCUT2D eigenvalue weighted by atomic mass is 15.2. The minimum atomic E-state index is 1.11. The molecule has 0 fully saturated rings. The summed E-state index contributed by atoms with van der Waals surface area (Å²) in [7, 11) is 0. The number of fused-ring (bicyclic) bond motifs is 8. The van der Waals surface area contributed by atoms with Crippen molar-refractivity contribution < 1.29 is 0 Å². The third-order valence-electron chi connectivity index (χ3n) is 12.5. The Morgan fingerprint density at radius 1 is 0.254 bits per heavy atom. The van der Waals surface area contributed by atoms with Crippen molar-refractivity contribution in [3.63, 3.8) is 0 Å². The van der Waals surface area contributed by atoms with Crippen LogP contribution in [0.25, 0.3) is 70.9 Å². The number of nitrogens with zero attached hydrogens (tertiary/aromatic N) is 3. The van der Waals surface area contributed by atoms with Gasteiger partial charge in [-0.1, -0.05) is 170 Å². The number of para-hydroxylation sites is 5. The van der Waals surface area contributed by atoms with Gasteiger partial charge >= 0.3 is 0 Å². The number of hydrogen-bond donors (Lipinski definition) is 0. The molecular formula is C60H41N3. The van der Waals surface area contributed by atoms with Crippen molar-refractivity contribution in [2.75, 3.05) is 9.80 Å². The molecule has 0 aliphatic rings. The molecule has 1 heterocycles. The first-order valence-electron chi connectivity index (χ1n) is 21.6. The average Bonchev–Trinajstić information content (AvgIpc) is 3.70. The smallest absolute Gasteiger partial charge is 0.0568 e. The maximum atomic E-state index is 2.49. The maximum absolute atomic E-state index is 2.49. The van der Waals surface area contributed by atoms with Crippen molar-refractivity contribution >= 4 is 88.2 Å². The quantitative estimate of drug-likeness (QED) is 0.152. The van der Waals surface area contributed by atoms with Crippen LogP contribution in [0.15, 0.2) is 249 Å². The zero-order chi connectivity index (χ0) is 41.7. The van der Waals surface area contributed by atoms with Crippen LogP contribution in [0.5, 0.6) is 0 Å². The van der Waals surface area contributed by atoms with Crippen LogP contribution < -0.4 is 9.80 Å². The van der Waals surface area contributed by atoms with Gasteiger partial charge in [-0.3, -0.25) is 0 Å². The molecule has 0 amide bonds. The highest BCUT2D eigenvalue weighted by molar-refractivity contribution is 6.32. The van der Waals surface area contributed by atoms with Crippen LogP contribution in [0.4, 0.5) is 34.1 Å². The molecule has 0 aliphatic heterocycles. The first-order chi connectivity index (χ1) is 31.3. The standard InChI is InChI=1S/C60H41N3/c1-6-22-42(23-7-1)61(43-24-8-2-9-25-43)55-39-38-49(47-32-16-18-34-50(47)55)54-40-57-59(52-36-20-17-33-48(52)54)60-53-37-21-19-35-51(53)56(41-58(60)63(57)46-30-14-5-15-31-46)62(44-26-10-3-11-27-44)45-28-12-4-13-29-45/h1-41H. The molecule has 0 atom stereocenters. The molecule has 0 aliphatic carbocycles. The summed E-state index contributed by atoms with van der Waals surface area (Å²) in [5, 5.41) is 9.76. The van der Waals surface area contributed by atoms with Gasteiger partial charge < -0.3 is 14.4 Å². The third kappa shape index (κ3) is 6.05. The molecule has 0 saturated carbocycles. The zero-order valence-electron chi connectivity index (χ0n) is 34.5. The molecule has 296 valence electrons. The summed E-state index contributed by atoms with van der Waals surface area (Å²) < 4.78 is 2.49. The molecule has 0 N–H and O–H groups in total. The predicted molar refractivity (Wildman–Crippen MR) is 268 cm³/mol. The number of hydrogen-bond acceptors (Lipinski definition) is 2. The SMILES string of the molecule is c1ccc(N(c2ccccc2)c2ccc(-c3cc4c(c5ccccc35)c3c5ccccc5c(N(c5ccccc5)c5ccccc5)cc3n4-c3ccccc3)c3ccccc23)cc1. The Bertz CT molecular complexity index is 3520. The van der Waals surface area contributed by atoms with Gasteiger partial charge in [-0.15, -0.1) is 0 Å². The number of anilines is 6. The van der Waals surface area contributed by atoms with E-state index in [-0.39, 0.29) is 0 Å². The van der Waals surface area contributed by atoms with E-state index in [0.29, 0.717) is 0 Å². The van der Waals surface area contributed by atoms with E-state index in [1.807, 2.05) is 0 Å². The fourth-order valence-corrected chi connectivity index (χ4v) is 9.85. The summed E-state index contributed by atoms with van der Waals surface area (Å²) in [6.07, 6.45) is 0. The average molecular weight is 804 g/mol. The molecule has 0 radical (unpaired) electrons. The van der Waals surface area contributed by atoms with Gasteiger partial charge in [0.25, 0.3) is 0 Å². The van der Waals surface area contributed by atoms with E-state index >= 15 is 0 Å². The lowest BCUT2D eigenvalue weighted by Crippen LogP contribution is -2.10. The lowest BCUT2D eigenvalue weighted by Gasteiger charge is -2.27. The summed E-state index contributed by atoms with van der Waals surface area (Å²) in [6, 6.07) is 90.1. The topological polar surface area (TPSA) is 11.4 Å². The van der Waals surface area contributed by atoms with Crippen molar-refractivity contribution in [2.24, 2.45) is 0 Å². The minimum absolute atomic E-state index is 1.11. The van der Waals surface area contributed by atoms with Crippen molar-refractivity contribution in [3.8, 4) is 16.8 Å². The molecular weight excluding hydrogens is 763 g/mol. The Labute approximate surface area is 366 Å². The Hall–Kier alpha value is -8.40. The van der Waals surface area contributed by atoms with Crippen molar-refractivity contribution in [1.82, 2.24) is 4.57 Å². The number of aromatic nitrogens is 1. The Morgan fingerprint density at radius 3 is 1.10 bits per heavy atom. The summed E-state index contributed by atoms with van der Waals surface area (Å²) in [4.78, 5) is 4.78. The summed E-state index contributed by atoms with van der Waals surface area (Å²) >= 11 is 0. The molecule has 63 heavy (non-hydrogen) atoms. The Morgan fingerprint density at radius 2 is 0.603 bits per heavy atom. The van der Waals surface area contributed by atoms with Crippen LogP contribution in [0.2, 0.25) is 0 Å². The molecule has 12 aromatic rings.